The molecule has 0 aliphatic heterocycles. The van der Waals surface area contributed by atoms with Crippen molar-refractivity contribution < 1.29 is 9.47 Å². The highest BCUT2D eigenvalue weighted by Gasteiger charge is 2.11. The van der Waals surface area contributed by atoms with Gasteiger partial charge in [-0.15, -0.1) is 11.3 Å². The molecule has 0 radical (unpaired) electrons. The molecular formula is C12H13NO2S. The van der Waals surface area contributed by atoms with Gasteiger partial charge in [0.2, 0.25) is 0 Å². The van der Waals surface area contributed by atoms with Gasteiger partial charge in [0.1, 0.15) is 11.5 Å². The molecule has 84 valence electrons. The van der Waals surface area contributed by atoms with Crippen molar-refractivity contribution >= 4 is 11.3 Å². The monoisotopic (exact) mass is 235 g/mol. The zero-order chi connectivity index (χ0) is 11.5. The topological polar surface area (TPSA) is 31.4 Å². The maximum atomic E-state index is 5.36. The number of rotatable bonds is 3. The standard InChI is InChI=1S/C12H13NO2S/c1-8-4-12(15-3)9(5-11(8)14-2)10-6-16-7-13-10/h4-7H,1-3H3. The van der Waals surface area contributed by atoms with E-state index in [2.05, 4.69) is 4.98 Å². The summed E-state index contributed by atoms with van der Waals surface area (Å²) in [5, 5.41) is 1.99. The Labute approximate surface area is 98.7 Å². The molecule has 0 bridgehead atoms. The van der Waals surface area contributed by atoms with Gasteiger partial charge >= 0.3 is 0 Å². The molecule has 0 N–H and O–H groups in total. The molecule has 0 amide bonds. The van der Waals surface area contributed by atoms with Crippen LogP contribution in [0.1, 0.15) is 5.56 Å². The van der Waals surface area contributed by atoms with Gasteiger partial charge < -0.3 is 9.47 Å². The van der Waals surface area contributed by atoms with E-state index < -0.39 is 0 Å². The molecule has 2 rings (SSSR count). The Bertz CT molecular complexity index is 480. The second-order valence-corrected chi connectivity index (χ2v) is 4.11. The molecule has 16 heavy (non-hydrogen) atoms. The van der Waals surface area contributed by atoms with Crippen LogP contribution in [0.15, 0.2) is 23.0 Å². The van der Waals surface area contributed by atoms with E-state index in [1.54, 1.807) is 31.1 Å². The van der Waals surface area contributed by atoms with Crippen LogP contribution in [0.5, 0.6) is 11.5 Å². The predicted octanol–water partition coefficient (Wildman–Crippen LogP) is 3.14. The highest BCUT2D eigenvalue weighted by atomic mass is 32.1. The Morgan fingerprint density at radius 3 is 2.44 bits per heavy atom. The molecule has 1 heterocycles. The van der Waals surface area contributed by atoms with Gasteiger partial charge in [-0.1, -0.05) is 0 Å². The number of benzene rings is 1. The quantitative estimate of drug-likeness (QED) is 0.819. The Kier molecular flexibility index (Phi) is 3.10. The molecule has 0 fully saturated rings. The fraction of sp³-hybridized carbons (Fsp3) is 0.250. The number of hydrogen-bond acceptors (Lipinski definition) is 4. The summed E-state index contributed by atoms with van der Waals surface area (Å²) in [5.41, 5.74) is 4.74. The molecule has 2 aromatic rings. The van der Waals surface area contributed by atoms with Gasteiger partial charge in [-0.3, -0.25) is 0 Å². The number of thiazole rings is 1. The summed E-state index contributed by atoms with van der Waals surface area (Å²) >= 11 is 1.56. The van der Waals surface area contributed by atoms with Crippen LogP contribution < -0.4 is 9.47 Å². The second kappa shape index (κ2) is 4.53. The molecule has 1 aromatic carbocycles. The van der Waals surface area contributed by atoms with Crippen LogP contribution in [0.4, 0.5) is 0 Å². The largest absolute Gasteiger partial charge is 0.496 e. The third kappa shape index (κ3) is 1.88. The predicted molar refractivity (Wildman–Crippen MR) is 65.4 cm³/mol. The minimum atomic E-state index is 0.823. The average molecular weight is 235 g/mol. The summed E-state index contributed by atoms with van der Waals surface area (Å²) in [7, 11) is 3.33. The second-order valence-electron chi connectivity index (χ2n) is 3.40. The molecule has 0 saturated carbocycles. The van der Waals surface area contributed by atoms with E-state index in [1.165, 1.54) is 0 Å². The maximum Gasteiger partial charge on any atom is 0.128 e. The van der Waals surface area contributed by atoms with Crippen LogP contribution in [0.2, 0.25) is 0 Å². The summed E-state index contributed by atoms with van der Waals surface area (Å²) in [5.74, 6) is 1.67. The highest BCUT2D eigenvalue weighted by molar-refractivity contribution is 7.07. The van der Waals surface area contributed by atoms with Gasteiger partial charge in [-0.2, -0.15) is 0 Å². The van der Waals surface area contributed by atoms with E-state index in [0.29, 0.717) is 0 Å². The van der Waals surface area contributed by atoms with Crippen molar-refractivity contribution in [3.8, 4) is 22.8 Å². The average Bonchev–Trinajstić information content (AvgIpc) is 2.82. The molecule has 0 spiro atoms. The van der Waals surface area contributed by atoms with Gasteiger partial charge in [0.15, 0.2) is 0 Å². The van der Waals surface area contributed by atoms with E-state index >= 15 is 0 Å². The van der Waals surface area contributed by atoms with Gasteiger partial charge in [-0.05, 0) is 24.6 Å². The zero-order valence-electron chi connectivity index (χ0n) is 9.48. The number of methoxy groups -OCH3 is 2. The number of ether oxygens (including phenoxy) is 2. The lowest BCUT2D eigenvalue weighted by molar-refractivity contribution is 0.401. The first-order valence-electron chi connectivity index (χ1n) is 4.87. The number of aromatic nitrogens is 1. The van der Waals surface area contributed by atoms with Crippen molar-refractivity contribution in [2.75, 3.05) is 14.2 Å². The van der Waals surface area contributed by atoms with Crippen molar-refractivity contribution in [3.05, 3.63) is 28.6 Å². The van der Waals surface area contributed by atoms with Gasteiger partial charge in [0.25, 0.3) is 0 Å². The van der Waals surface area contributed by atoms with Crippen LogP contribution in [-0.4, -0.2) is 19.2 Å². The van der Waals surface area contributed by atoms with Crippen molar-refractivity contribution in [1.29, 1.82) is 0 Å². The Hall–Kier alpha value is -1.55. The van der Waals surface area contributed by atoms with E-state index in [4.69, 9.17) is 9.47 Å². The van der Waals surface area contributed by atoms with Gasteiger partial charge in [0, 0.05) is 10.9 Å². The van der Waals surface area contributed by atoms with Crippen LogP contribution in [0, 0.1) is 6.92 Å². The summed E-state index contributed by atoms with van der Waals surface area (Å²) in [6, 6.07) is 3.93. The lowest BCUT2D eigenvalue weighted by Crippen LogP contribution is -1.93. The van der Waals surface area contributed by atoms with E-state index in [0.717, 1.165) is 28.3 Å². The van der Waals surface area contributed by atoms with E-state index in [9.17, 15) is 0 Å². The zero-order valence-corrected chi connectivity index (χ0v) is 10.3. The molecule has 3 nitrogen and oxygen atoms in total. The Balaban J connectivity index is 2.58. The summed E-state index contributed by atoms with van der Waals surface area (Å²) in [4.78, 5) is 4.28. The smallest absolute Gasteiger partial charge is 0.128 e. The minimum Gasteiger partial charge on any atom is -0.496 e. The summed E-state index contributed by atoms with van der Waals surface area (Å²) in [6.45, 7) is 1.99. The molecular weight excluding hydrogens is 222 g/mol. The molecule has 0 atom stereocenters. The van der Waals surface area contributed by atoms with Crippen molar-refractivity contribution in [2.24, 2.45) is 0 Å². The molecule has 0 saturated heterocycles. The molecule has 0 aliphatic rings. The minimum absolute atomic E-state index is 0.823. The molecule has 0 unspecified atom stereocenters. The summed E-state index contributed by atoms with van der Waals surface area (Å²) < 4.78 is 10.7. The normalized spacial score (nSPS) is 10.2. The van der Waals surface area contributed by atoms with Gasteiger partial charge in [-0.25, -0.2) is 4.98 Å². The van der Waals surface area contributed by atoms with Crippen LogP contribution in [0.3, 0.4) is 0 Å². The number of nitrogens with zero attached hydrogens (tertiary/aromatic N) is 1. The third-order valence-electron chi connectivity index (χ3n) is 2.43. The highest BCUT2D eigenvalue weighted by Crippen LogP contribution is 2.35. The van der Waals surface area contributed by atoms with Crippen molar-refractivity contribution in [3.63, 3.8) is 0 Å². The van der Waals surface area contributed by atoms with Gasteiger partial charge in [0.05, 0.1) is 25.4 Å². The number of aryl methyl sites for hydroxylation is 1. The lowest BCUT2D eigenvalue weighted by Gasteiger charge is -2.11. The van der Waals surface area contributed by atoms with Crippen LogP contribution >= 0.6 is 11.3 Å². The van der Waals surface area contributed by atoms with Crippen molar-refractivity contribution in [2.45, 2.75) is 6.92 Å². The lowest BCUT2D eigenvalue weighted by atomic mass is 10.1. The van der Waals surface area contributed by atoms with Crippen LogP contribution in [-0.2, 0) is 0 Å². The molecule has 4 heteroatoms. The first-order chi connectivity index (χ1) is 7.76. The first kappa shape index (κ1) is 11.0. The third-order valence-corrected chi connectivity index (χ3v) is 3.01. The van der Waals surface area contributed by atoms with E-state index in [-0.39, 0.29) is 0 Å². The molecule has 1 aromatic heterocycles. The Morgan fingerprint density at radius 2 is 1.88 bits per heavy atom. The number of hydrogen-bond donors (Lipinski definition) is 0. The first-order valence-corrected chi connectivity index (χ1v) is 5.81. The SMILES string of the molecule is COc1cc(-c2cscn2)c(OC)cc1C. The van der Waals surface area contributed by atoms with Crippen LogP contribution in [0.25, 0.3) is 11.3 Å². The maximum absolute atomic E-state index is 5.36. The van der Waals surface area contributed by atoms with Crippen molar-refractivity contribution in [1.82, 2.24) is 4.98 Å². The summed E-state index contributed by atoms with van der Waals surface area (Å²) in [6.07, 6.45) is 0. The Morgan fingerprint density at radius 1 is 1.12 bits per heavy atom. The molecule has 0 aliphatic carbocycles. The fourth-order valence-corrected chi connectivity index (χ4v) is 2.15. The van der Waals surface area contributed by atoms with E-state index in [1.807, 2.05) is 24.4 Å². The fourth-order valence-electron chi connectivity index (χ4n) is 1.60.